The summed E-state index contributed by atoms with van der Waals surface area (Å²) in [6.45, 7) is 2.90. The van der Waals surface area contributed by atoms with Gasteiger partial charge in [0.2, 0.25) is 5.91 Å². The Bertz CT molecular complexity index is 547. The predicted molar refractivity (Wildman–Crippen MR) is 76.9 cm³/mol. The third-order valence-electron chi connectivity index (χ3n) is 4.55. The summed E-state index contributed by atoms with van der Waals surface area (Å²) in [5.41, 5.74) is 5.90. The molecule has 5 heteroatoms. The number of nitrogens with two attached hydrogens (primary N) is 1. The maximum absolute atomic E-state index is 13.9. The van der Waals surface area contributed by atoms with Crippen LogP contribution in [0.25, 0.3) is 0 Å². The molecule has 0 bridgehead atoms. The number of nitrogens with zero attached hydrogens (tertiary/aromatic N) is 1. The molecular formula is C16H21FN2O2. The molecule has 114 valence electrons. The standard InChI is InChI=1S/C16H21FN2O2/c1-16(10-21-9-14(16)18)15(20)19(12-6-7-12)8-11-4-2-3-5-13(11)17/h2-5,12,14H,6-10,18H2,1H3. The Morgan fingerprint density at radius 1 is 1.48 bits per heavy atom. The first-order chi connectivity index (χ1) is 10.0. The Hall–Kier alpha value is -1.46. The number of carbonyl (C=O) groups is 1. The van der Waals surface area contributed by atoms with Gasteiger partial charge in [-0.1, -0.05) is 18.2 Å². The van der Waals surface area contributed by atoms with Crippen molar-refractivity contribution in [1.29, 1.82) is 0 Å². The molecule has 1 amide bonds. The second-order valence-electron chi connectivity index (χ2n) is 6.29. The van der Waals surface area contributed by atoms with Crippen LogP contribution in [0, 0.1) is 11.2 Å². The van der Waals surface area contributed by atoms with E-state index in [2.05, 4.69) is 0 Å². The molecule has 1 saturated carbocycles. The molecule has 1 aromatic rings. The van der Waals surface area contributed by atoms with Crippen molar-refractivity contribution in [1.82, 2.24) is 4.90 Å². The van der Waals surface area contributed by atoms with E-state index in [1.54, 1.807) is 23.1 Å². The Morgan fingerprint density at radius 2 is 2.19 bits per heavy atom. The fraction of sp³-hybridized carbons (Fsp3) is 0.562. The van der Waals surface area contributed by atoms with E-state index in [1.807, 2.05) is 6.92 Å². The minimum absolute atomic E-state index is 0.0155. The van der Waals surface area contributed by atoms with Crippen LogP contribution in [0.15, 0.2) is 24.3 Å². The quantitative estimate of drug-likeness (QED) is 0.918. The van der Waals surface area contributed by atoms with Gasteiger partial charge in [-0.2, -0.15) is 0 Å². The van der Waals surface area contributed by atoms with Gasteiger partial charge in [0, 0.05) is 24.2 Å². The summed E-state index contributed by atoms with van der Waals surface area (Å²) in [4.78, 5) is 14.7. The summed E-state index contributed by atoms with van der Waals surface area (Å²) in [5.74, 6) is -0.286. The smallest absolute Gasteiger partial charge is 0.233 e. The molecule has 0 aromatic heterocycles. The predicted octanol–water partition coefficient (Wildman–Crippen LogP) is 1.68. The minimum atomic E-state index is -0.701. The number of hydrogen-bond acceptors (Lipinski definition) is 3. The van der Waals surface area contributed by atoms with Crippen molar-refractivity contribution in [2.75, 3.05) is 13.2 Å². The molecule has 21 heavy (non-hydrogen) atoms. The Morgan fingerprint density at radius 3 is 2.76 bits per heavy atom. The molecule has 4 nitrogen and oxygen atoms in total. The van der Waals surface area contributed by atoms with Crippen molar-refractivity contribution in [3.05, 3.63) is 35.6 Å². The number of ether oxygens (including phenoxy) is 1. The van der Waals surface area contributed by atoms with Gasteiger partial charge in [0.1, 0.15) is 5.82 Å². The first-order valence-corrected chi connectivity index (χ1v) is 7.40. The van der Waals surface area contributed by atoms with Crippen molar-refractivity contribution in [2.24, 2.45) is 11.1 Å². The number of halogens is 1. The minimum Gasteiger partial charge on any atom is -0.379 e. The SMILES string of the molecule is CC1(C(=O)N(Cc2ccccc2F)C2CC2)COCC1N. The molecule has 1 aliphatic carbocycles. The van der Waals surface area contributed by atoms with Crippen LogP contribution >= 0.6 is 0 Å². The van der Waals surface area contributed by atoms with Gasteiger partial charge >= 0.3 is 0 Å². The average Bonchev–Trinajstić information content (AvgIpc) is 3.24. The molecule has 1 aliphatic heterocycles. The lowest BCUT2D eigenvalue weighted by atomic mass is 9.84. The molecule has 0 radical (unpaired) electrons. The highest BCUT2D eigenvalue weighted by molar-refractivity contribution is 5.84. The van der Waals surface area contributed by atoms with Gasteiger partial charge in [-0.05, 0) is 25.8 Å². The molecule has 2 atom stereocenters. The first-order valence-electron chi connectivity index (χ1n) is 7.40. The number of carbonyl (C=O) groups excluding carboxylic acids is 1. The van der Waals surface area contributed by atoms with Crippen molar-refractivity contribution >= 4 is 5.91 Å². The highest BCUT2D eigenvalue weighted by Crippen LogP contribution is 2.36. The van der Waals surface area contributed by atoms with E-state index in [0.717, 1.165) is 12.8 Å². The second kappa shape index (κ2) is 5.39. The fourth-order valence-corrected chi connectivity index (χ4v) is 2.80. The van der Waals surface area contributed by atoms with Crippen LogP contribution in [0.3, 0.4) is 0 Å². The number of rotatable bonds is 4. The van der Waals surface area contributed by atoms with Crippen LogP contribution in [0.1, 0.15) is 25.3 Å². The summed E-state index contributed by atoms with van der Waals surface area (Å²) in [6.07, 6.45) is 1.96. The second-order valence-corrected chi connectivity index (χ2v) is 6.29. The fourth-order valence-electron chi connectivity index (χ4n) is 2.80. The largest absolute Gasteiger partial charge is 0.379 e. The molecule has 1 aromatic carbocycles. The van der Waals surface area contributed by atoms with Crippen molar-refractivity contribution in [2.45, 2.75) is 38.4 Å². The molecular weight excluding hydrogens is 271 g/mol. The first kappa shape index (κ1) is 14.5. The van der Waals surface area contributed by atoms with Crippen LogP contribution in [0.5, 0.6) is 0 Å². The van der Waals surface area contributed by atoms with E-state index in [1.165, 1.54) is 6.07 Å². The number of benzene rings is 1. The van der Waals surface area contributed by atoms with E-state index in [4.69, 9.17) is 10.5 Å². The summed E-state index contributed by atoms with van der Waals surface area (Å²) >= 11 is 0. The number of hydrogen-bond donors (Lipinski definition) is 1. The maximum Gasteiger partial charge on any atom is 0.233 e. The molecule has 3 rings (SSSR count). The van der Waals surface area contributed by atoms with E-state index < -0.39 is 5.41 Å². The van der Waals surface area contributed by atoms with Crippen molar-refractivity contribution in [3.63, 3.8) is 0 Å². The monoisotopic (exact) mass is 292 g/mol. The third kappa shape index (κ3) is 2.68. The van der Waals surface area contributed by atoms with E-state index >= 15 is 0 Å². The lowest BCUT2D eigenvalue weighted by Crippen LogP contribution is -2.52. The van der Waals surface area contributed by atoms with E-state index in [9.17, 15) is 9.18 Å². The Labute approximate surface area is 124 Å². The third-order valence-corrected chi connectivity index (χ3v) is 4.55. The zero-order valence-corrected chi connectivity index (χ0v) is 12.2. The molecule has 2 aliphatic rings. The average molecular weight is 292 g/mol. The van der Waals surface area contributed by atoms with Crippen LogP contribution in [-0.4, -0.2) is 36.1 Å². The van der Waals surface area contributed by atoms with E-state index in [0.29, 0.717) is 25.3 Å². The summed E-state index contributed by atoms with van der Waals surface area (Å²) in [6, 6.07) is 6.51. The normalized spacial score (nSPS) is 28.6. The lowest BCUT2D eigenvalue weighted by molar-refractivity contribution is -0.143. The van der Waals surface area contributed by atoms with E-state index in [-0.39, 0.29) is 23.8 Å². The van der Waals surface area contributed by atoms with Gasteiger partial charge < -0.3 is 15.4 Å². The summed E-state index contributed by atoms with van der Waals surface area (Å²) in [5, 5.41) is 0. The van der Waals surface area contributed by atoms with Crippen LogP contribution in [-0.2, 0) is 16.1 Å². The maximum atomic E-state index is 13.9. The van der Waals surface area contributed by atoms with Crippen LogP contribution in [0.2, 0.25) is 0 Å². The van der Waals surface area contributed by atoms with Crippen LogP contribution in [0.4, 0.5) is 4.39 Å². The van der Waals surface area contributed by atoms with Gasteiger partial charge in [-0.3, -0.25) is 4.79 Å². The highest BCUT2D eigenvalue weighted by atomic mass is 19.1. The molecule has 2 unspecified atom stereocenters. The van der Waals surface area contributed by atoms with Gasteiger partial charge in [-0.25, -0.2) is 4.39 Å². The zero-order chi connectivity index (χ0) is 15.0. The number of amides is 1. The highest BCUT2D eigenvalue weighted by Gasteiger charge is 2.49. The Balaban J connectivity index is 1.82. The molecule has 2 N–H and O–H groups in total. The van der Waals surface area contributed by atoms with Gasteiger partial charge in [-0.15, -0.1) is 0 Å². The van der Waals surface area contributed by atoms with Gasteiger partial charge in [0.15, 0.2) is 0 Å². The molecule has 1 heterocycles. The van der Waals surface area contributed by atoms with Crippen molar-refractivity contribution < 1.29 is 13.9 Å². The van der Waals surface area contributed by atoms with Gasteiger partial charge in [0.05, 0.1) is 18.6 Å². The van der Waals surface area contributed by atoms with Crippen LogP contribution < -0.4 is 5.73 Å². The summed E-state index contributed by atoms with van der Waals surface area (Å²) in [7, 11) is 0. The Kier molecular flexibility index (Phi) is 3.71. The topological polar surface area (TPSA) is 55.6 Å². The zero-order valence-electron chi connectivity index (χ0n) is 12.2. The van der Waals surface area contributed by atoms with Gasteiger partial charge in [0.25, 0.3) is 0 Å². The van der Waals surface area contributed by atoms with Crippen molar-refractivity contribution in [3.8, 4) is 0 Å². The molecule has 2 fully saturated rings. The lowest BCUT2D eigenvalue weighted by Gasteiger charge is -2.33. The summed E-state index contributed by atoms with van der Waals surface area (Å²) < 4.78 is 19.2. The molecule has 0 spiro atoms. The molecule has 1 saturated heterocycles.